The van der Waals surface area contributed by atoms with Crippen molar-refractivity contribution in [1.82, 2.24) is 9.80 Å². The van der Waals surface area contributed by atoms with Crippen molar-refractivity contribution < 1.29 is 13.2 Å². The summed E-state index contributed by atoms with van der Waals surface area (Å²) in [6.45, 7) is 3.65. The third-order valence-corrected chi connectivity index (χ3v) is 6.49. The first-order chi connectivity index (χ1) is 12.4. The SMILES string of the molecule is CN1CCN(C2Cc3ccccc3Sc3ccc(C(F)(F)F)cc32)CC1. The molecular weight excluding hydrogens is 357 g/mol. The molecule has 2 aliphatic heterocycles. The number of alkyl halides is 3. The summed E-state index contributed by atoms with van der Waals surface area (Å²) in [6, 6.07) is 12.4. The van der Waals surface area contributed by atoms with Crippen LogP contribution in [0.4, 0.5) is 13.2 Å². The molecular formula is C20H21F3N2S. The van der Waals surface area contributed by atoms with Crippen LogP contribution in [0.1, 0.15) is 22.7 Å². The lowest BCUT2D eigenvalue weighted by molar-refractivity contribution is -0.137. The van der Waals surface area contributed by atoms with E-state index in [1.54, 1.807) is 17.8 Å². The minimum Gasteiger partial charge on any atom is -0.304 e. The Balaban J connectivity index is 1.78. The molecule has 0 amide bonds. The fraction of sp³-hybridized carbons (Fsp3) is 0.400. The van der Waals surface area contributed by atoms with Gasteiger partial charge in [0.05, 0.1) is 5.56 Å². The number of nitrogens with zero attached hydrogens (tertiary/aromatic N) is 2. The minimum atomic E-state index is -4.31. The average Bonchev–Trinajstić information content (AvgIpc) is 2.77. The normalized spacial score (nSPS) is 21.8. The number of likely N-dealkylation sites (N-methyl/N-ethyl adjacent to an activating group) is 1. The molecule has 2 aromatic carbocycles. The first-order valence-electron chi connectivity index (χ1n) is 8.81. The molecule has 1 saturated heterocycles. The van der Waals surface area contributed by atoms with Gasteiger partial charge in [-0.05, 0) is 48.9 Å². The van der Waals surface area contributed by atoms with E-state index in [1.807, 2.05) is 12.1 Å². The Morgan fingerprint density at radius 2 is 1.69 bits per heavy atom. The highest BCUT2D eigenvalue weighted by atomic mass is 32.2. The van der Waals surface area contributed by atoms with Gasteiger partial charge >= 0.3 is 6.18 Å². The highest BCUT2D eigenvalue weighted by Crippen LogP contribution is 2.44. The van der Waals surface area contributed by atoms with Crippen molar-refractivity contribution in [2.75, 3.05) is 33.2 Å². The third-order valence-electron chi connectivity index (χ3n) is 5.28. The monoisotopic (exact) mass is 378 g/mol. The summed E-state index contributed by atoms with van der Waals surface area (Å²) >= 11 is 1.59. The van der Waals surface area contributed by atoms with E-state index in [-0.39, 0.29) is 6.04 Å². The quantitative estimate of drug-likeness (QED) is 0.710. The number of hydrogen-bond acceptors (Lipinski definition) is 3. The predicted molar refractivity (Wildman–Crippen MR) is 97.5 cm³/mol. The van der Waals surface area contributed by atoms with Gasteiger partial charge in [-0.2, -0.15) is 13.2 Å². The van der Waals surface area contributed by atoms with E-state index < -0.39 is 11.7 Å². The summed E-state index contributed by atoms with van der Waals surface area (Å²) in [7, 11) is 2.09. The molecule has 0 aromatic heterocycles. The Bertz CT molecular complexity index is 798. The lowest BCUT2D eigenvalue weighted by Crippen LogP contribution is -2.46. The molecule has 0 bridgehead atoms. The van der Waals surface area contributed by atoms with E-state index in [1.165, 1.54) is 17.7 Å². The van der Waals surface area contributed by atoms with E-state index in [2.05, 4.69) is 29.0 Å². The Labute approximate surface area is 156 Å². The Morgan fingerprint density at radius 1 is 0.962 bits per heavy atom. The Hall–Kier alpha value is -1.50. The van der Waals surface area contributed by atoms with E-state index in [9.17, 15) is 13.2 Å². The maximum absolute atomic E-state index is 13.3. The van der Waals surface area contributed by atoms with Crippen molar-refractivity contribution in [1.29, 1.82) is 0 Å². The molecule has 26 heavy (non-hydrogen) atoms. The molecule has 2 aromatic rings. The summed E-state index contributed by atoms with van der Waals surface area (Å²) < 4.78 is 39.9. The van der Waals surface area contributed by atoms with Crippen LogP contribution in [0.3, 0.4) is 0 Å². The lowest BCUT2D eigenvalue weighted by Gasteiger charge is -2.38. The highest BCUT2D eigenvalue weighted by molar-refractivity contribution is 7.99. The van der Waals surface area contributed by atoms with Crippen LogP contribution in [0.5, 0.6) is 0 Å². The molecule has 1 atom stereocenters. The number of rotatable bonds is 1. The van der Waals surface area contributed by atoms with Crippen LogP contribution >= 0.6 is 11.8 Å². The first-order valence-corrected chi connectivity index (χ1v) is 9.63. The van der Waals surface area contributed by atoms with Gasteiger partial charge in [-0.15, -0.1) is 0 Å². The molecule has 2 heterocycles. The van der Waals surface area contributed by atoms with Crippen LogP contribution in [0.2, 0.25) is 0 Å². The van der Waals surface area contributed by atoms with Gasteiger partial charge in [-0.3, -0.25) is 4.90 Å². The number of halogens is 3. The van der Waals surface area contributed by atoms with Crippen molar-refractivity contribution in [2.45, 2.75) is 28.4 Å². The summed E-state index contributed by atoms with van der Waals surface area (Å²) in [5, 5.41) is 0. The van der Waals surface area contributed by atoms with Crippen LogP contribution in [0.25, 0.3) is 0 Å². The lowest BCUT2D eigenvalue weighted by atomic mass is 9.95. The zero-order chi connectivity index (χ0) is 18.3. The van der Waals surface area contributed by atoms with Crippen LogP contribution in [-0.2, 0) is 12.6 Å². The molecule has 138 valence electrons. The van der Waals surface area contributed by atoms with Crippen molar-refractivity contribution in [2.24, 2.45) is 0 Å². The average molecular weight is 378 g/mol. The van der Waals surface area contributed by atoms with Gasteiger partial charge in [0.25, 0.3) is 0 Å². The third kappa shape index (κ3) is 3.50. The van der Waals surface area contributed by atoms with Crippen molar-refractivity contribution in [3.05, 3.63) is 59.2 Å². The summed E-state index contributed by atoms with van der Waals surface area (Å²) in [6.07, 6.45) is -3.56. The van der Waals surface area contributed by atoms with E-state index in [0.717, 1.165) is 48.0 Å². The van der Waals surface area contributed by atoms with Gasteiger partial charge in [0.1, 0.15) is 0 Å². The molecule has 0 N–H and O–H groups in total. The standard InChI is InChI=1S/C20H21F3N2S/c1-24-8-10-25(11-9-24)17-12-14-4-2-3-5-18(14)26-19-7-6-15(13-16(17)19)20(21,22)23/h2-7,13,17H,8-12H2,1H3. The first kappa shape index (κ1) is 17.9. The Kier molecular flexibility index (Phi) is 4.75. The van der Waals surface area contributed by atoms with Gasteiger partial charge in [0, 0.05) is 42.0 Å². The molecule has 0 spiro atoms. The second-order valence-electron chi connectivity index (χ2n) is 7.02. The van der Waals surface area contributed by atoms with E-state index in [0.29, 0.717) is 0 Å². The second-order valence-corrected chi connectivity index (χ2v) is 8.10. The molecule has 0 saturated carbocycles. The van der Waals surface area contributed by atoms with Gasteiger partial charge in [0.2, 0.25) is 0 Å². The fourth-order valence-corrected chi connectivity index (χ4v) is 4.86. The molecule has 4 rings (SSSR count). The zero-order valence-electron chi connectivity index (χ0n) is 14.6. The zero-order valence-corrected chi connectivity index (χ0v) is 15.4. The summed E-state index contributed by atoms with van der Waals surface area (Å²) in [4.78, 5) is 6.70. The number of piperazine rings is 1. The molecule has 0 radical (unpaired) electrons. The van der Waals surface area contributed by atoms with Crippen molar-refractivity contribution >= 4 is 11.8 Å². The van der Waals surface area contributed by atoms with Gasteiger partial charge < -0.3 is 4.90 Å². The van der Waals surface area contributed by atoms with Crippen LogP contribution in [0.15, 0.2) is 52.3 Å². The molecule has 2 aliphatic rings. The molecule has 1 fully saturated rings. The number of benzene rings is 2. The Morgan fingerprint density at radius 3 is 2.42 bits per heavy atom. The summed E-state index contributed by atoms with van der Waals surface area (Å²) in [5.74, 6) is 0. The van der Waals surface area contributed by atoms with Crippen LogP contribution < -0.4 is 0 Å². The van der Waals surface area contributed by atoms with E-state index in [4.69, 9.17) is 0 Å². The highest BCUT2D eigenvalue weighted by Gasteiger charge is 2.34. The van der Waals surface area contributed by atoms with Crippen molar-refractivity contribution in [3.8, 4) is 0 Å². The topological polar surface area (TPSA) is 6.48 Å². The predicted octanol–water partition coefficient (Wildman–Crippen LogP) is 4.70. The maximum atomic E-state index is 13.3. The van der Waals surface area contributed by atoms with Crippen LogP contribution in [0, 0.1) is 0 Å². The number of fused-ring (bicyclic) bond motifs is 2. The van der Waals surface area contributed by atoms with Gasteiger partial charge in [-0.25, -0.2) is 0 Å². The van der Waals surface area contributed by atoms with E-state index >= 15 is 0 Å². The minimum absolute atomic E-state index is 0.0165. The second kappa shape index (κ2) is 6.91. The molecule has 2 nitrogen and oxygen atoms in total. The maximum Gasteiger partial charge on any atom is 0.416 e. The molecule has 1 unspecified atom stereocenters. The fourth-order valence-electron chi connectivity index (χ4n) is 3.75. The number of hydrogen-bond donors (Lipinski definition) is 0. The van der Waals surface area contributed by atoms with Gasteiger partial charge in [-0.1, -0.05) is 30.0 Å². The smallest absolute Gasteiger partial charge is 0.304 e. The molecule has 6 heteroatoms. The van der Waals surface area contributed by atoms with Crippen molar-refractivity contribution in [3.63, 3.8) is 0 Å². The van der Waals surface area contributed by atoms with Gasteiger partial charge in [0.15, 0.2) is 0 Å². The van der Waals surface area contributed by atoms with Crippen LogP contribution in [-0.4, -0.2) is 43.0 Å². The largest absolute Gasteiger partial charge is 0.416 e. The summed E-state index contributed by atoms with van der Waals surface area (Å²) in [5.41, 5.74) is 1.47. The molecule has 0 aliphatic carbocycles.